The van der Waals surface area contributed by atoms with Crippen LogP contribution in [0.15, 0.2) is 37.5 Å². The van der Waals surface area contributed by atoms with Crippen LogP contribution in [0.5, 0.6) is 0 Å². The summed E-state index contributed by atoms with van der Waals surface area (Å²) >= 11 is 0. The molecule has 11 unspecified atom stereocenters. The number of hydrogen-bond donors (Lipinski definition) is 8. The van der Waals surface area contributed by atoms with Crippen LogP contribution in [0.25, 0.3) is 0 Å². The first kappa shape index (κ1) is 52.5. The maximum atomic E-state index is 12.1. The molecule has 0 aromatic rings. The topological polar surface area (TPSA) is 320 Å². The Balaban J connectivity index is 0.000000153. The third kappa shape index (κ3) is 9.88. The molecule has 12 saturated carbocycles. The first-order chi connectivity index (χ1) is 31.7. The van der Waals surface area contributed by atoms with Crippen molar-refractivity contribution in [1.82, 2.24) is 0 Å². The van der Waals surface area contributed by atoms with Crippen LogP contribution >= 0.6 is 0 Å². The van der Waals surface area contributed by atoms with Gasteiger partial charge in [0.1, 0.15) is 16.8 Å². The van der Waals surface area contributed by atoms with Gasteiger partial charge in [-0.1, -0.05) is 40.5 Å². The molecule has 384 valence electrons. The highest BCUT2D eigenvalue weighted by Crippen LogP contribution is 2.66. The number of hydrogen-bond acceptors (Lipinski definition) is 20. The molecule has 0 saturated heterocycles. The fourth-order valence-corrected chi connectivity index (χ4v) is 15.2. The van der Waals surface area contributed by atoms with Gasteiger partial charge in [0.05, 0.1) is 44.8 Å². The molecule has 0 radical (unpaired) electrons. The van der Waals surface area contributed by atoms with Crippen molar-refractivity contribution in [1.29, 1.82) is 0 Å². The van der Waals surface area contributed by atoms with E-state index in [1.54, 1.807) is 13.8 Å². The summed E-state index contributed by atoms with van der Waals surface area (Å²) in [6.07, 6.45) is 6.12. The maximum absolute atomic E-state index is 12.1. The van der Waals surface area contributed by atoms with E-state index in [0.717, 1.165) is 12.2 Å². The van der Waals surface area contributed by atoms with Crippen molar-refractivity contribution < 1.29 is 98.0 Å². The average Bonchev–Trinajstić information content (AvgIpc) is 3.18. The summed E-state index contributed by atoms with van der Waals surface area (Å²) in [5, 5.41) is 86.0. The average molecular weight is 977 g/mol. The van der Waals surface area contributed by atoms with Gasteiger partial charge in [0, 0.05) is 113 Å². The first-order valence-corrected chi connectivity index (χ1v) is 23.5. The smallest absolute Gasteiger partial charge is 0.344 e. The van der Waals surface area contributed by atoms with Crippen molar-refractivity contribution in [2.24, 2.45) is 23.7 Å². The van der Waals surface area contributed by atoms with E-state index in [4.69, 9.17) is 23.7 Å². The number of rotatable bonds is 12. The van der Waals surface area contributed by atoms with Crippen molar-refractivity contribution in [3.8, 4) is 0 Å². The van der Waals surface area contributed by atoms with Gasteiger partial charge < -0.3 is 69.3 Å². The summed E-state index contributed by atoms with van der Waals surface area (Å²) in [5.74, 6) is -5.30. The zero-order chi connectivity index (χ0) is 51.2. The van der Waals surface area contributed by atoms with Gasteiger partial charge in [-0.25, -0.2) is 28.8 Å². The predicted molar refractivity (Wildman–Crippen MR) is 234 cm³/mol. The van der Waals surface area contributed by atoms with Crippen LogP contribution in [0.1, 0.15) is 124 Å². The number of esters is 6. The number of aliphatic hydroxyl groups is 8. The molecule has 20 nitrogen and oxygen atoms in total. The fraction of sp³-hybridized carbons (Fsp3) is 0.755. The zero-order valence-corrected chi connectivity index (χ0v) is 39.8. The van der Waals surface area contributed by atoms with Gasteiger partial charge in [-0.05, 0) is 32.1 Å². The summed E-state index contributed by atoms with van der Waals surface area (Å²) in [5.41, 5.74) is -12.6. The maximum Gasteiger partial charge on any atom is 0.344 e. The van der Waals surface area contributed by atoms with Gasteiger partial charge >= 0.3 is 35.8 Å². The minimum Gasteiger partial charge on any atom is -0.456 e. The highest BCUT2D eigenvalue weighted by Gasteiger charge is 2.74. The van der Waals surface area contributed by atoms with Gasteiger partial charge in [0.25, 0.3) is 0 Å². The van der Waals surface area contributed by atoms with Crippen molar-refractivity contribution in [3.05, 3.63) is 37.5 Å². The van der Waals surface area contributed by atoms with Gasteiger partial charge in [-0.15, -0.1) is 0 Å². The predicted octanol–water partition coefficient (Wildman–Crippen LogP) is 0.730. The fourth-order valence-electron chi connectivity index (χ4n) is 15.2. The van der Waals surface area contributed by atoms with Crippen LogP contribution in [0, 0.1) is 23.7 Å². The highest BCUT2D eigenvalue weighted by atomic mass is 16.6. The number of ether oxygens (including phenoxy) is 6. The SMILES string of the molecule is C=C(C)C(=O)OCC(=O)OC12CC3(O)CC(O)(CC(O)(C3)C1C)C2.C=CC(=O)OCC(=O)OC12CC3(O)CC(O)(CC(O)(C3)C1C)C2.C=CC(=O)OCC(=O)OC12CC3CC(O)(CC(O)(C3)C1C)C2. The Kier molecular flexibility index (Phi) is 13.1. The molecular formula is C49H68O20. The van der Waals surface area contributed by atoms with E-state index in [2.05, 4.69) is 24.5 Å². The van der Waals surface area contributed by atoms with Crippen LogP contribution in [0.3, 0.4) is 0 Å². The van der Waals surface area contributed by atoms with E-state index in [9.17, 15) is 69.6 Å². The van der Waals surface area contributed by atoms with E-state index in [-0.39, 0.29) is 81.6 Å². The van der Waals surface area contributed by atoms with Crippen LogP contribution in [0.2, 0.25) is 0 Å². The third-order valence-electron chi connectivity index (χ3n) is 17.0. The summed E-state index contributed by atoms with van der Waals surface area (Å²) in [4.78, 5) is 69.6. The normalized spacial score (nSPS) is 46.1. The van der Waals surface area contributed by atoms with Crippen LogP contribution in [-0.4, -0.2) is 158 Å². The minimum absolute atomic E-state index is 0.150. The molecule has 0 heterocycles. The third-order valence-corrected chi connectivity index (χ3v) is 17.0. The van der Waals surface area contributed by atoms with Crippen molar-refractivity contribution in [2.75, 3.05) is 19.8 Å². The van der Waals surface area contributed by atoms with Crippen LogP contribution < -0.4 is 0 Å². The second-order valence-corrected chi connectivity index (χ2v) is 22.8. The van der Waals surface area contributed by atoms with E-state index in [1.807, 2.05) is 6.92 Å². The number of carbonyl (C=O) groups is 6. The molecule has 0 aromatic carbocycles. The van der Waals surface area contributed by atoms with Crippen molar-refractivity contribution >= 4 is 35.8 Å². The molecule has 12 bridgehead atoms. The lowest BCUT2D eigenvalue weighted by Gasteiger charge is -2.67. The minimum atomic E-state index is -1.28. The molecule has 69 heavy (non-hydrogen) atoms. The Labute approximate surface area is 399 Å². The monoisotopic (exact) mass is 976 g/mol. The zero-order valence-electron chi connectivity index (χ0n) is 39.8. The Bertz CT molecular complexity index is 2150. The van der Waals surface area contributed by atoms with Gasteiger partial charge in [0.15, 0.2) is 19.8 Å². The van der Waals surface area contributed by atoms with Gasteiger partial charge in [-0.3, -0.25) is 0 Å². The standard InChI is InChI=1S/C17H24O7.C16H22O7.C16H22O6/c1-10(2)13(19)23-4-12(18)24-17-8-14(20)5-15(21,9-17)7-16(22,6-14)11(17)3;1-3-11(17)22-4-12(18)23-16-8-13(19)5-14(20,9-16)7-15(21,6-13)10(16)2;1-3-12(17)21-7-13(18)22-16-6-11-4-14(19,9-16)8-15(20,5-11)10(16)2/h11,20-22H,1,4-9H2,2-3H3;3,10,19-21H,1,4-9H2,2H3;3,10-11,19-20H,1,4-9H2,2H3. The van der Waals surface area contributed by atoms with Gasteiger partial charge in [-0.2, -0.15) is 0 Å². The summed E-state index contributed by atoms with van der Waals surface area (Å²) < 4.78 is 30.8. The summed E-state index contributed by atoms with van der Waals surface area (Å²) in [7, 11) is 0. The first-order valence-electron chi connectivity index (χ1n) is 23.5. The molecule has 0 aliphatic heterocycles. The summed E-state index contributed by atoms with van der Waals surface area (Å²) in [6, 6.07) is 0. The lowest BCUT2D eigenvalue weighted by atomic mass is 9.45. The van der Waals surface area contributed by atoms with Gasteiger partial charge in [0.2, 0.25) is 0 Å². The number of carbonyl (C=O) groups excluding carboxylic acids is 6. The molecular weight excluding hydrogens is 909 g/mol. The highest BCUT2D eigenvalue weighted by molar-refractivity contribution is 5.88. The molecule has 12 rings (SSSR count). The van der Waals surface area contributed by atoms with E-state index in [0.29, 0.717) is 32.1 Å². The van der Waals surface area contributed by atoms with Crippen LogP contribution in [0.4, 0.5) is 0 Å². The Hall–Kier alpha value is -4.28. The van der Waals surface area contributed by atoms with Crippen molar-refractivity contribution in [2.45, 2.75) is 186 Å². The lowest BCUT2D eigenvalue weighted by Crippen LogP contribution is -2.76. The molecule has 0 spiro atoms. The second kappa shape index (κ2) is 17.2. The molecule has 12 aliphatic carbocycles. The molecule has 20 heteroatoms. The van der Waals surface area contributed by atoms with E-state index < -0.39 is 129 Å². The quantitative estimate of drug-likeness (QED) is 0.0759. The molecule has 12 aliphatic rings. The Morgan fingerprint density at radius 2 is 0.797 bits per heavy atom. The Morgan fingerprint density at radius 1 is 0.464 bits per heavy atom. The van der Waals surface area contributed by atoms with Crippen molar-refractivity contribution in [3.63, 3.8) is 0 Å². The van der Waals surface area contributed by atoms with Crippen LogP contribution in [-0.2, 0) is 57.2 Å². The molecule has 0 amide bonds. The summed E-state index contributed by atoms with van der Waals surface area (Å²) in [6.45, 7) is 15.1. The lowest BCUT2D eigenvalue weighted by molar-refractivity contribution is -0.327. The Morgan fingerprint density at radius 3 is 1.16 bits per heavy atom. The molecule has 11 atom stereocenters. The second-order valence-electron chi connectivity index (χ2n) is 22.8. The van der Waals surface area contributed by atoms with E-state index >= 15 is 0 Å². The largest absolute Gasteiger partial charge is 0.456 e. The molecule has 8 N–H and O–H groups in total. The van der Waals surface area contributed by atoms with E-state index in [1.165, 1.54) is 6.92 Å². The molecule has 12 fully saturated rings. The molecule has 0 aromatic heterocycles.